The maximum atomic E-state index is 13.4. The van der Waals surface area contributed by atoms with Crippen molar-refractivity contribution in [1.82, 2.24) is 4.90 Å². The molecule has 1 aliphatic heterocycles. The molecular formula is C14H21ClFN3O. The summed E-state index contributed by atoms with van der Waals surface area (Å²) in [6.45, 7) is 3.99. The smallest absolute Gasteiger partial charge is 0.238 e. The van der Waals surface area contributed by atoms with E-state index in [1.165, 1.54) is 6.07 Å². The van der Waals surface area contributed by atoms with Crippen molar-refractivity contribution in [2.24, 2.45) is 11.7 Å². The van der Waals surface area contributed by atoms with Crippen molar-refractivity contribution in [1.29, 1.82) is 0 Å². The summed E-state index contributed by atoms with van der Waals surface area (Å²) in [6.07, 6.45) is 1.02. The van der Waals surface area contributed by atoms with Gasteiger partial charge in [-0.25, -0.2) is 4.39 Å². The Balaban J connectivity index is 0.00000200. The first-order chi connectivity index (χ1) is 9.06. The molecule has 0 bridgehead atoms. The van der Waals surface area contributed by atoms with Crippen LogP contribution in [0.3, 0.4) is 0 Å². The number of halogens is 2. The van der Waals surface area contributed by atoms with E-state index >= 15 is 0 Å². The van der Waals surface area contributed by atoms with Crippen molar-refractivity contribution in [2.45, 2.75) is 19.4 Å². The van der Waals surface area contributed by atoms with Gasteiger partial charge in [0.05, 0.1) is 12.2 Å². The molecule has 2 atom stereocenters. The Labute approximate surface area is 124 Å². The Morgan fingerprint density at radius 1 is 1.55 bits per heavy atom. The second-order valence-electron chi connectivity index (χ2n) is 5.17. The Hall–Kier alpha value is -1.17. The summed E-state index contributed by atoms with van der Waals surface area (Å²) in [6, 6.07) is 6.33. The van der Waals surface area contributed by atoms with E-state index in [0.717, 1.165) is 19.5 Å². The molecule has 6 heteroatoms. The average molecular weight is 302 g/mol. The average Bonchev–Trinajstić information content (AvgIpc) is 2.80. The summed E-state index contributed by atoms with van der Waals surface area (Å²) < 4.78 is 13.4. The first-order valence-electron chi connectivity index (χ1n) is 6.58. The highest BCUT2D eigenvalue weighted by atomic mass is 35.5. The fourth-order valence-electron chi connectivity index (χ4n) is 2.39. The molecule has 0 spiro atoms. The molecule has 0 aliphatic carbocycles. The van der Waals surface area contributed by atoms with Crippen LogP contribution in [0.4, 0.5) is 10.1 Å². The predicted molar refractivity (Wildman–Crippen MR) is 80.5 cm³/mol. The van der Waals surface area contributed by atoms with Crippen LogP contribution in [0.1, 0.15) is 13.3 Å². The normalized spacial score (nSPS) is 20.2. The van der Waals surface area contributed by atoms with Crippen molar-refractivity contribution >= 4 is 24.0 Å². The van der Waals surface area contributed by atoms with Crippen LogP contribution in [0.15, 0.2) is 24.3 Å². The van der Waals surface area contributed by atoms with Gasteiger partial charge in [-0.1, -0.05) is 12.1 Å². The molecule has 2 unspecified atom stereocenters. The lowest BCUT2D eigenvalue weighted by molar-refractivity contribution is -0.117. The van der Waals surface area contributed by atoms with Crippen LogP contribution in [0.25, 0.3) is 0 Å². The number of hydrogen-bond acceptors (Lipinski definition) is 3. The quantitative estimate of drug-likeness (QED) is 0.892. The highest BCUT2D eigenvalue weighted by molar-refractivity contribution is 5.92. The van der Waals surface area contributed by atoms with Crippen LogP contribution in [-0.4, -0.2) is 36.5 Å². The zero-order valence-electron chi connectivity index (χ0n) is 11.5. The standard InChI is InChI=1S/C14H20FN3O.ClH/c1-10(16)11-6-7-18(8-11)9-14(19)17-13-5-3-2-4-12(13)15;/h2-5,10-11H,6-9,16H2,1H3,(H,17,19);1H. The third kappa shape index (κ3) is 4.44. The van der Waals surface area contributed by atoms with Gasteiger partial charge in [0.2, 0.25) is 5.91 Å². The Morgan fingerprint density at radius 2 is 2.25 bits per heavy atom. The van der Waals surface area contributed by atoms with Gasteiger partial charge in [-0.3, -0.25) is 9.69 Å². The summed E-state index contributed by atoms with van der Waals surface area (Å²) in [5, 5.41) is 2.59. The number of nitrogens with zero attached hydrogens (tertiary/aromatic N) is 1. The summed E-state index contributed by atoms with van der Waals surface area (Å²) >= 11 is 0. The number of likely N-dealkylation sites (tertiary alicyclic amines) is 1. The largest absolute Gasteiger partial charge is 0.328 e. The second kappa shape index (κ2) is 7.57. The van der Waals surface area contributed by atoms with Crippen LogP contribution in [-0.2, 0) is 4.79 Å². The minimum Gasteiger partial charge on any atom is -0.328 e. The number of carbonyl (C=O) groups excluding carboxylic acids is 1. The number of para-hydroxylation sites is 1. The first kappa shape index (κ1) is 16.9. The number of hydrogen-bond donors (Lipinski definition) is 2. The number of benzene rings is 1. The van der Waals surface area contributed by atoms with Crippen molar-refractivity contribution in [2.75, 3.05) is 25.0 Å². The van der Waals surface area contributed by atoms with E-state index in [1.807, 2.05) is 6.92 Å². The zero-order valence-corrected chi connectivity index (χ0v) is 12.3. The molecule has 1 aromatic rings. The summed E-state index contributed by atoms with van der Waals surface area (Å²) in [5.41, 5.74) is 6.09. The van der Waals surface area contributed by atoms with Gasteiger partial charge in [-0.05, 0) is 37.9 Å². The fourth-order valence-corrected chi connectivity index (χ4v) is 2.39. The lowest BCUT2D eigenvalue weighted by Crippen LogP contribution is -2.34. The van der Waals surface area contributed by atoms with Crippen LogP contribution in [0.5, 0.6) is 0 Å². The molecular weight excluding hydrogens is 281 g/mol. The van der Waals surface area contributed by atoms with Crippen molar-refractivity contribution in [3.63, 3.8) is 0 Å². The summed E-state index contributed by atoms with van der Waals surface area (Å²) in [7, 11) is 0. The van der Waals surface area contributed by atoms with E-state index in [4.69, 9.17) is 5.73 Å². The monoisotopic (exact) mass is 301 g/mol. The van der Waals surface area contributed by atoms with Crippen LogP contribution >= 0.6 is 12.4 Å². The molecule has 1 aromatic carbocycles. The van der Waals surface area contributed by atoms with E-state index in [9.17, 15) is 9.18 Å². The van der Waals surface area contributed by atoms with Gasteiger partial charge < -0.3 is 11.1 Å². The summed E-state index contributed by atoms with van der Waals surface area (Å²) in [4.78, 5) is 13.9. The maximum Gasteiger partial charge on any atom is 0.238 e. The van der Waals surface area contributed by atoms with Gasteiger partial charge >= 0.3 is 0 Å². The molecule has 0 radical (unpaired) electrons. The zero-order chi connectivity index (χ0) is 13.8. The number of carbonyl (C=O) groups is 1. The molecule has 1 amide bonds. The highest BCUT2D eigenvalue weighted by Gasteiger charge is 2.26. The lowest BCUT2D eigenvalue weighted by Gasteiger charge is -2.17. The van der Waals surface area contributed by atoms with Gasteiger partial charge in [-0.15, -0.1) is 12.4 Å². The first-order valence-corrected chi connectivity index (χ1v) is 6.58. The Kier molecular flexibility index (Phi) is 6.39. The third-order valence-corrected chi connectivity index (χ3v) is 3.57. The molecule has 4 nitrogen and oxygen atoms in total. The van der Waals surface area contributed by atoms with Gasteiger partial charge in [0.25, 0.3) is 0 Å². The van der Waals surface area contributed by atoms with Crippen LogP contribution in [0, 0.1) is 11.7 Å². The molecule has 112 valence electrons. The maximum absolute atomic E-state index is 13.4. The SMILES string of the molecule is CC(N)C1CCN(CC(=O)Nc2ccccc2F)C1.Cl. The van der Waals surface area contributed by atoms with Crippen LogP contribution in [0.2, 0.25) is 0 Å². The Morgan fingerprint density at radius 3 is 2.85 bits per heavy atom. The molecule has 0 aromatic heterocycles. The number of nitrogens with two attached hydrogens (primary N) is 1. The lowest BCUT2D eigenvalue weighted by atomic mass is 10.0. The molecule has 2 rings (SSSR count). The molecule has 1 heterocycles. The second-order valence-corrected chi connectivity index (χ2v) is 5.17. The predicted octanol–water partition coefficient (Wildman–Crippen LogP) is 1.86. The van der Waals surface area contributed by atoms with Crippen molar-refractivity contribution < 1.29 is 9.18 Å². The molecule has 1 fully saturated rings. The summed E-state index contributed by atoms with van der Waals surface area (Å²) in [5.74, 6) is -0.151. The topological polar surface area (TPSA) is 58.4 Å². The van der Waals surface area contributed by atoms with Crippen LogP contribution < -0.4 is 11.1 Å². The van der Waals surface area contributed by atoms with Gasteiger partial charge in [0.15, 0.2) is 0 Å². The minimum atomic E-state index is -0.411. The molecule has 20 heavy (non-hydrogen) atoms. The minimum absolute atomic E-state index is 0. The highest BCUT2D eigenvalue weighted by Crippen LogP contribution is 2.18. The number of nitrogens with one attached hydrogen (secondary N) is 1. The van der Waals surface area contributed by atoms with Crippen molar-refractivity contribution in [3.8, 4) is 0 Å². The molecule has 1 aliphatic rings. The van der Waals surface area contributed by atoms with Gasteiger partial charge in [0, 0.05) is 12.6 Å². The Bertz CT molecular complexity index is 456. The van der Waals surface area contributed by atoms with Gasteiger partial charge in [0.1, 0.15) is 5.82 Å². The van der Waals surface area contributed by atoms with Gasteiger partial charge in [-0.2, -0.15) is 0 Å². The van der Waals surface area contributed by atoms with E-state index in [1.54, 1.807) is 18.2 Å². The van der Waals surface area contributed by atoms with E-state index in [-0.39, 0.29) is 36.6 Å². The fraction of sp³-hybridized carbons (Fsp3) is 0.500. The number of anilines is 1. The van der Waals surface area contributed by atoms with E-state index < -0.39 is 5.82 Å². The molecule has 0 saturated carbocycles. The molecule has 1 saturated heterocycles. The van der Waals surface area contributed by atoms with E-state index in [0.29, 0.717) is 5.92 Å². The molecule has 3 N–H and O–H groups in total. The van der Waals surface area contributed by atoms with Crippen molar-refractivity contribution in [3.05, 3.63) is 30.1 Å². The number of rotatable bonds is 4. The van der Waals surface area contributed by atoms with E-state index in [2.05, 4.69) is 10.2 Å². The third-order valence-electron chi connectivity index (χ3n) is 3.57. The number of amides is 1.